The van der Waals surface area contributed by atoms with Crippen LogP contribution in [0.25, 0.3) is 0 Å². The molecule has 6 nitrogen and oxygen atoms in total. The molecule has 146 valence electrons. The zero-order valence-corrected chi connectivity index (χ0v) is 17.3. The zero-order chi connectivity index (χ0) is 20.2. The van der Waals surface area contributed by atoms with Gasteiger partial charge in [0, 0.05) is 44.1 Å². The molecule has 0 fully saturated rings. The van der Waals surface area contributed by atoms with Crippen molar-refractivity contribution in [1.29, 1.82) is 0 Å². The molecule has 2 aromatic rings. The topological polar surface area (TPSA) is 69.7 Å². The summed E-state index contributed by atoms with van der Waals surface area (Å²) in [6.07, 6.45) is 0. The summed E-state index contributed by atoms with van der Waals surface area (Å²) in [6.45, 7) is 6.14. The van der Waals surface area contributed by atoms with Crippen LogP contribution in [0.15, 0.2) is 47.4 Å². The Kier molecular flexibility index (Phi) is 6.62. The summed E-state index contributed by atoms with van der Waals surface area (Å²) in [4.78, 5) is 14.8. The third kappa shape index (κ3) is 4.67. The van der Waals surface area contributed by atoms with Gasteiger partial charge in [-0.2, -0.15) is 4.31 Å². The maximum absolute atomic E-state index is 12.7. The zero-order valence-electron chi connectivity index (χ0n) is 16.5. The van der Waals surface area contributed by atoms with Gasteiger partial charge in [-0.15, -0.1) is 0 Å². The summed E-state index contributed by atoms with van der Waals surface area (Å²) in [6, 6.07) is 12.1. The fraction of sp³-hybridized carbons (Fsp3) is 0.350. The van der Waals surface area contributed by atoms with E-state index in [1.54, 1.807) is 32.9 Å². The Morgan fingerprint density at radius 3 is 2.11 bits per heavy atom. The number of sulfonamides is 1. The van der Waals surface area contributed by atoms with Gasteiger partial charge in [0.2, 0.25) is 10.0 Å². The number of amides is 1. The van der Waals surface area contributed by atoms with E-state index in [2.05, 4.69) is 5.32 Å². The highest BCUT2D eigenvalue weighted by Gasteiger charge is 2.23. The second-order valence-corrected chi connectivity index (χ2v) is 8.40. The van der Waals surface area contributed by atoms with Crippen LogP contribution >= 0.6 is 0 Å². The Bertz CT molecular complexity index is 903. The lowest BCUT2D eigenvalue weighted by atomic mass is 10.1. The Balaban J connectivity index is 2.31. The fourth-order valence-corrected chi connectivity index (χ4v) is 4.24. The second kappa shape index (κ2) is 8.54. The normalized spacial score (nSPS) is 11.5. The van der Waals surface area contributed by atoms with Crippen molar-refractivity contribution in [2.45, 2.75) is 25.7 Å². The standard InChI is InChI=1S/C20H27N3O3S/c1-6-23(7-2)27(25,26)18-13-8-15(3)19(14-18)20(24)21-16-9-11-17(12-10-16)22(4)5/h8-14H,6-7H2,1-5H3,(H,21,24). The lowest BCUT2D eigenvalue weighted by molar-refractivity contribution is 0.102. The van der Waals surface area contributed by atoms with Crippen LogP contribution in [-0.2, 0) is 10.0 Å². The Morgan fingerprint density at radius 2 is 1.59 bits per heavy atom. The number of aryl methyl sites for hydroxylation is 1. The number of benzene rings is 2. The van der Waals surface area contributed by atoms with Crippen LogP contribution in [0.5, 0.6) is 0 Å². The van der Waals surface area contributed by atoms with Crippen LogP contribution in [0, 0.1) is 6.92 Å². The molecule has 0 aliphatic carbocycles. The number of nitrogens with zero attached hydrogens (tertiary/aromatic N) is 2. The molecule has 2 rings (SSSR count). The number of rotatable bonds is 7. The van der Waals surface area contributed by atoms with Crippen molar-refractivity contribution in [2.75, 3.05) is 37.4 Å². The first-order valence-electron chi connectivity index (χ1n) is 8.90. The predicted molar refractivity (Wildman–Crippen MR) is 110 cm³/mol. The van der Waals surface area contributed by atoms with Crippen LogP contribution in [-0.4, -0.2) is 45.8 Å². The summed E-state index contributed by atoms with van der Waals surface area (Å²) in [5, 5.41) is 2.84. The van der Waals surface area contributed by atoms with Crippen molar-refractivity contribution in [3.8, 4) is 0 Å². The monoisotopic (exact) mass is 389 g/mol. The molecule has 0 aliphatic rings. The Labute approximate surface area is 161 Å². The maximum Gasteiger partial charge on any atom is 0.255 e. The molecule has 0 spiro atoms. The number of anilines is 2. The first kappa shape index (κ1) is 20.9. The second-order valence-electron chi connectivity index (χ2n) is 6.46. The number of hydrogen-bond donors (Lipinski definition) is 1. The van der Waals surface area contributed by atoms with Gasteiger partial charge in [-0.25, -0.2) is 8.42 Å². The number of nitrogens with one attached hydrogen (secondary N) is 1. The van der Waals surface area contributed by atoms with Gasteiger partial charge in [-0.3, -0.25) is 4.79 Å². The molecule has 0 aliphatic heterocycles. The van der Waals surface area contributed by atoms with Crippen LogP contribution in [0.2, 0.25) is 0 Å². The molecule has 0 heterocycles. The van der Waals surface area contributed by atoms with E-state index < -0.39 is 10.0 Å². The fourth-order valence-electron chi connectivity index (χ4n) is 2.76. The largest absolute Gasteiger partial charge is 0.378 e. The van der Waals surface area contributed by atoms with E-state index in [4.69, 9.17) is 0 Å². The first-order chi connectivity index (χ1) is 12.7. The van der Waals surface area contributed by atoms with E-state index in [0.29, 0.717) is 24.3 Å². The van der Waals surface area contributed by atoms with Crippen molar-refractivity contribution in [3.63, 3.8) is 0 Å². The smallest absolute Gasteiger partial charge is 0.255 e. The van der Waals surface area contributed by atoms with Crippen molar-refractivity contribution in [1.82, 2.24) is 4.31 Å². The average molecular weight is 390 g/mol. The van der Waals surface area contributed by atoms with Gasteiger partial charge in [-0.05, 0) is 48.9 Å². The predicted octanol–water partition coefficient (Wildman–Crippen LogP) is 3.34. The highest BCUT2D eigenvalue weighted by atomic mass is 32.2. The lowest BCUT2D eigenvalue weighted by Crippen LogP contribution is -2.30. The minimum absolute atomic E-state index is 0.130. The Hall–Kier alpha value is -2.38. The van der Waals surface area contributed by atoms with Crippen molar-refractivity contribution in [3.05, 3.63) is 53.6 Å². The molecule has 0 bridgehead atoms. The van der Waals surface area contributed by atoms with Gasteiger partial charge in [0.1, 0.15) is 0 Å². The number of hydrogen-bond acceptors (Lipinski definition) is 4. The van der Waals surface area contributed by atoms with E-state index in [0.717, 1.165) is 11.3 Å². The third-order valence-electron chi connectivity index (χ3n) is 4.44. The summed E-state index contributed by atoms with van der Waals surface area (Å²) in [5.41, 5.74) is 2.74. The van der Waals surface area contributed by atoms with Crippen molar-refractivity contribution in [2.24, 2.45) is 0 Å². The van der Waals surface area contributed by atoms with Crippen LogP contribution in [0.1, 0.15) is 29.8 Å². The maximum atomic E-state index is 12.7. The van der Waals surface area contributed by atoms with E-state index in [1.807, 2.05) is 43.3 Å². The van der Waals surface area contributed by atoms with Gasteiger partial charge < -0.3 is 10.2 Å². The lowest BCUT2D eigenvalue weighted by Gasteiger charge is -2.19. The van der Waals surface area contributed by atoms with Crippen molar-refractivity contribution < 1.29 is 13.2 Å². The van der Waals surface area contributed by atoms with E-state index in [9.17, 15) is 13.2 Å². The minimum Gasteiger partial charge on any atom is -0.378 e. The van der Waals surface area contributed by atoms with Gasteiger partial charge in [0.05, 0.1) is 4.90 Å². The molecule has 1 N–H and O–H groups in total. The average Bonchev–Trinajstić information content (AvgIpc) is 2.63. The highest BCUT2D eigenvalue weighted by Crippen LogP contribution is 2.21. The van der Waals surface area contributed by atoms with Gasteiger partial charge >= 0.3 is 0 Å². The number of carbonyl (C=O) groups excluding carboxylic acids is 1. The molecule has 0 saturated heterocycles. The molecule has 1 amide bonds. The summed E-state index contributed by atoms with van der Waals surface area (Å²) < 4.78 is 26.8. The number of carbonyl (C=O) groups is 1. The molecule has 7 heteroatoms. The van der Waals surface area contributed by atoms with Crippen LogP contribution in [0.3, 0.4) is 0 Å². The molecule has 0 aromatic heterocycles. The van der Waals surface area contributed by atoms with Crippen LogP contribution < -0.4 is 10.2 Å². The van der Waals surface area contributed by atoms with Gasteiger partial charge in [0.15, 0.2) is 0 Å². The van der Waals surface area contributed by atoms with Crippen molar-refractivity contribution >= 4 is 27.3 Å². The molecule has 0 unspecified atom stereocenters. The quantitative estimate of drug-likeness (QED) is 0.788. The van der Waals surface area contributed by atoms with Crippen LogP contribution in [0.4, 0.5) is 11.4 Å². The highest BCUT2D eigenvalue weighted by molar-refractivity contribution is 7.89. The molecule has 0 atom stereocenters. The molecule has 0 radical (unpaired) electrons. The SMILES string of the molecule is CCN(CC)S(=O)(=O)c1ccc(C)c(C(=O)Nc2ccc(N(C)C)cc2)c1. The third-order valence-corrected chi connectivity index (χ3v) is 6.48. The molecule has 2 aromatic carbocycles. The summed E-state index contributed by atoms with van der Waals surface area (Å²) in [7, 11) is 0.272. The first-order valence-corrected chi connectivity index (χ1v) is 10.3. The molecule has 27 heavy (non-hydrogen) atoms. The van der Waals surface area contributed by atoms with E-state index in [-0.39, 0.29) is 10.8 Å². The van der Waals surface area contributed by atoms with Gasteiger partial charge in [0.25, 0.3) is 5.91 Å². The Morgan fingerprint density at radius 1 is 1.00 bits per heavy atom. The minimum atomic E-state index is -3.61. The molecular formula is C20H27N3O3S. The molecular weight excluding hydrogens is 362 g/mol. The van der Waals surface area contributed by atoms with E-state index >= 15 is 0 Å². The summed E-state index contributed by atoms with van der Waals surface area (Å²) >= 11 is 0. The van der Waals surface area contributed by atoms with Gasteiger partial charge in [-0.1, -0.05) is 19.9 Å². The summed E-state index contributed by atoms with van der Waals surface area (Å²) in [5.74, 6) is -0.332. The van der Waals surface area contributed by atoms with E-state index in [1.165, 1.54) is 10.4 Å². The molecule has 0 saturated carbocycles.